The molecule has 0 saturated carbocycles. The second-order valence-electron chi connectivity index (χ2n) is 3.71. The molecule has 1 aliphatic rings. The van der Waals surface area contributed by atoms with Crippen LogP contribution < -0.4 is 10.1 Å². The van der Waals surface area contributed by atoms with E-state index in [9.17, 15) is 9.18 Å². The molecule has 1 saturated heterocycles. The van der Waals surface area contributed by atoms with Gasteiger partial charge in [-0.1, -0.05) is 0 Å². The Balaban J connectivity index is 2.16. The first-order valence-electron chi connectivity index (χ1n) is 5.06. The molecule has 1 aliphatic heterocycles. The average molecular weight is 225 g/mol. The number of carboxylic acids is 1. The molecule has 0 bridgehead atoms. The van der Waals surface area contributed by atoms with Crippen LogP contribution in [0.15, 0.2) is 18.2 Å². The molecule has 86 valence electrons. The van der Waals surface area contributed by atoms with Gasteiger partial charge in [0.05, 0.1) is 5.56 Å². The summed E-state index contributed by atoms with van der Waals surface area (Å²) in [7, 11) is 0. The lowest BCUT2D eigenvalue weighted by molar-refractivity contribution is 0.0695. The van der Waals surface area contributed by atoms with Gasteiger partial charge in [-0.25, -0.2) is 9.18 Å². The van der Waals surface area contributed by atoms with Crippen LogP contribution in [-0.4, -0.2) is 30.3 Å². The van der Waals surface area contributed by atoms with Crippen LogP contribution in [0.25, 0.3) is 0 Å². The molecular weight excluding hydrogens is 213 g/mol. The molecule has 0 amide bonds. The number of hydrogen-bond acceptors (Lipinski definition) is 3. The highest BCUT2D eigenvalue weighted by Gasteiger charge is 2.17. The third kappa shape index (κ3) is 2.49. The fourth-order valence-electron chi connectivity index (χ4n) is 1.68. The molecule has 0 spiro atoms. The van der Waals surface area contributed by atoms with Crippen LogP contribution >= 0.6 is 0 Å². The number of carbonyl (C=O) groups is 1. The summed E-state index contributed by atoms with van der Waals surface area (Å²) in [6.45, 7) is 1.57. The van der Waals surface area contributed by atoms with Crippen molar-refractivity contribution in [2.75, 3.05) is 13.1 Å². The van der Waals surface area contributed by atoms with E-state index < -0.39 is 11.8 Å². The lowest BCUT2D eigenvalue weighted by Gasteiger charge is -2.12. The van der Waals surface area contributed by atoms with E-state index in [4.69, 9.17) is 9.84 Å². The third-order valence-electron chi connectivity index (χ3n) is 2.44. The molecule has 1 aromatic rings. The summed E-state index contributed by atoms with van der Waals surface area (Å²) in [5.74, 6) is -1.49. The first-order chi connectivity index (χ1) is 7.65. The Kier molecular flexibility index (Phi) is 3.05. The number of aromatic carboxylic acids is 1. The van der Waals surface area contributed by atoms with Crippen molar-refractivity contribution >= 4 is 5.97 Å². The van der Waals surface area contributed by atoms with Crippen molar-refractivity contribution < 1.29 is 19.0 Å². The highest BCUT2D eigenvalue weighted by atomic mass is 19.1. The van der Waals surface area contributed by atoms with E-state index >= 15 is 0 Å². The molecule has 0 radical (unpaired) electrons. The van der Waals surface area contributed by atoms with Crippen molar-refractivity contribution in [1.29, 1.82) is 0 Å². The monoisotopic (exact) mass is 225 g/mol. The van der Waals surface area contributed by atoms with Gasteiger partial charge in [0.25, 0.3) is 0 Å². The van der Waals surface area contributed by atoms with E-state index in [0.717, 1.165) is 19.0 Å². The molecule has 1 unspecified atom stereocenters. The minimum Gasteiger partial charge on any atom is -0.489 e. The van der Waals surface area contributed by atoms with Gasteiger partial charge in [0, 0.05) is 12.6 Å². The Morgan fingerprint density at radius 1 is 1.50 bits per heavy atom. The molecule has 5 heteroatoms. The fraction of sp³-hybridized carbons (Fsp3) is 0.364. The molecule has 1 heterocycles. The van der Waals surface area contributed by atoms with Gasteiger partial charge in [0.15, 0.2) is 0 Å². The van der Waals surface area contributed by atoms with Crippen molar-refractivity contribution in [3.8, 4) is 5.75 Å². The topological polar surface area (TPSA) is 58.6 Å². The van der Waals surface area contributed by atoms with Gasteiger partial charge in [-0.3, -0.25) is 0 Å². The molecule has 1 fully saturated rings. The first-order valence-corrected chi connectivity index (χ1v) is 5.06. The average Bonchev–Trinajstić information content (AvgIpc) is 2.69. The Labute approximate surface area is 92.0 Å². The normalized spacial score (nSPS) is 19.7. The highest BCUT2D eigenvalue weighted by molar-refractivity contribution is 5.88. The van der Waals surface area contributed by atoms with Crippen LogP contribution in [0.2, 0.25) is 0 Å². The predicted octanol–water partition coefficient (Wildman–Crippen LogP) is 1.26. The smallest absolute Gasteiger partial charge is 0.335 e. The van der Waals surface area contributed by atoms with Crippen LogP contribution in [0, 0.1) is 5.82 Å². The maximum Gasteiger partial charge on any atom is 0.335 e. The number of rotatable bonds is 3. The third-order valence-corrected chi connectivity index (χ3v) is 2.44. The van der Waals surface area contributed by atoms with Gasteiger partial charge in [-0.05, 0) is 25.1 Å². The number of carboxylic acid groups (broad SMARTS) is 1. The maximum absolute atomic E-state index is 13.1. The fourth-order valence-corrected chi connectivity index (χ4v) is 1.68. The maximum atomic E-state index is 13.1. The zero-order chi connectivity index (χ0) is 11.5. The number of ether oxygens (including phenoxy) is 1. The minimum absolute atomic E-state index is 0.0107. The molecule has 0 aromatic heterocycles. The molecule has 2 rings (SSSR count). The van der Waals surface area contributed by atoms with E-state index in [2.05, 4.69) is 5.32 Å². The second kappa shape index (κ2) is 4.49. The number of hydrogen-bond donors (Lipinski definition) is 2. The molecule has 0 aliphatic carbocycles. The Hall–Kier alpha value is -1.62. The molecule has 4 nitrogen and oxygen atoms in total. The van der Waals surface area contributed by atoms with E-state index in [0.29, 0.717) is 6.54 Å². The standard InChI is InChI=1S/C11H12FNO3/c12-8-3-7(11(14)15)4-10(5-8)16-9-1-2-13-6-9/h3-5,9,13H,1-2,6H2,(H,14,15). The van der Waals surface area contributed by atoms with Gasteiger partial charge in [-0.2, -0.15) is 0 Å². The summed E-state index contributed by atoms with van der Waals surface area (Å²) < 4.78 is 18.6. The van der Waals surface area contributed by atoms with Crippen molar-refractivity contribution in [3.63, 3.8) is 0 Å². The second-order valence-corrected chi connectivity index (χ2v) is 3.71. The van der Waals surface area contributed by atoms with Crippen LogP contribution in [0.5, 0.6) is 5.75 Å². The number of benzene rings is 1. The van der Waals surface area contributed by atoms with Crippen LogP contribution in [-0.2, 0) is 0 Å². The van der Waals surface area contributed by atoms with Crippen molar-refractivity contribution in [2.24, 2.45) is 0 Å². The summed E-state index contributed by atoms with van der Waals surface area (Å²) in [5, 5.41) is 11.9. The van der Waals surface area contributed by atoms with E-state index in [-0.39, 0.29) is 17.4 Å². The van der Waals surface area contributed by atoms with Crippen molar-refractivity contribution in [3.05, 3.63) is 29.6 Å². The molecular formula is C11H12FNO3. The molecule has 16 heavy (non-hydrogen) atoms. The predicted molar refractivity (Wildman–Crippen MR) is 55.3 cm³/mol. The molecule has 1 atom stereocenters. The summed E-state index contributed by atoms with van der Waals surface area (Å²) in [6, 6.07) is 3.51. The van der Waals surface area contributed by atoms with Gasteiger partial charge >= 0.3 is 5.97 Å². The van der Waals surface area contributed by atoms with Crippen LogP contribution in [0.1, 0.15) is 16.8 Å². The Bertz CT molecular complexity index is 402. The van der Waals surface area contributed by atoms with E-state index in [1.54, 1.807) is 0 Å². The first kappa shape index (κ1) is 10.9. The van der Waals surface area contributed by atoms with Gasteiger partial charge in [-0.15, -0.1) is 0 Å². The zero-order valence-corrected chi connectivity index (χ0v) is 8.57. The number of halogens is 1. The zero-order valence-electron chi connectivity index (χ0n) is 8.57. The Morgan fingerprint density at radius 3 is 2.94 bits per heavy atom. The quantitative estimate of drug-likeness (QED) is 0.813. The minimum atomic E-state index is -1.16. The number of nitrogens with one attached hydrogen (secondary N) is 1. The molecule has 2 N–H and O–H groups in total. The van der Waals surface area contributed by atoms with Crippen LogP contribution in [0.4, 0.5) is 4.39 Å². The summed E-state index contributed by atoms with van der Waals surface area (Å²) in [6.07, 6.45) is 0.835. The van der Waals surface area contributed by atoms with Gasteiger partial charge < -0.3 is 15.2 Å². The van der Waals surface area contributed by atoms with Gasteiger partial charge in [0.2, 0.25) is 0 Å². The largest absolute Gasteiger partial charge is 0.489 e. The van der Waals surface area contributed by atoms with Crippen molar-refractivity contribution in [1.82, 2.24) is 5.32 Å². The lowest BCUT2D eigenvalue weighted by Crippen LogP contribution is -2.19. The van der Waals surface area contributed by atoms with Gasteiger partial charge in [0.1, 0.15) is 17.7 Å². The van der Waals surface area contributed by atoms with Crippen LogP contribution in [0.3, 0.4) is 0 Å². The van der Waals surface area contributed by atoms with Crippen molar-refractivity contribution in [2.45, 2.75) is 12.5 Å². The summed E-state index contributed by atoms with van der Waals surface area (Å²) in [4.78, 5) is 10.7. The SMILES string of the molecule is O=C(O)c1cc(F)cc(OC2CCNC2)c1. The van der Waals surface area contributed by atoms with E-state index in [1.807, 2.05) is 0 Å². The highest BCUT2D eigenvalue weighted by Crippen LogP contribution is 2.19. The van der Waals surface area contributed by atoms with E-state index in [1.165, 1.54) is 12.1 Å². The molecule has 1 aromatic carbocycles. The lowest BCUT2D eigenvalue weighted by atomic mass is 10.2. The summed E-state index contributed by atoms with van der Waals surface area (Å²) >= 11 is 0. The Morgan fingerprint density at radius 2 is 2.31 bits per heavy atom. The summed E-state index contributed by atoms with van der Waals surface area (Å²) in [5.41, 5.74) is -0.0963.